The fourth-order valence-electron chi connectivity index (χ4n) is 2.97. The first kappa shape index (κ1) is 23.0. The van der Waals surface area contributed by atoms with Crippen LogP contribution < -0.4 is 11.1 Å². The average Bonchev–Trinajstić information content (AvgIpc) is 3.16. The molecule has 1 amide bonds. The number of alkyl halides is 3. The molecular weight excluding hydrogens is 425 g/mol. The minimum Gasteiger partial charge on any atom is -0.447 e. The third kappa shape index (κ3) is 5.54. The van der Waals surface area contributed by atoms with Crippen molar-refractivity contribution in [2.75, 3.05) is 11.9 Å². The number of nitrogens with two attached hydrogens (primary N) is 1. The first-order valence-electron chi connectivity index (χ1n) is 9.70. The number of benzene rings is 2. The number of para-hydroxylation sites is 1. The second-order valence-electron chi connectivity index (χ2n) is 8.19. The maximum atomic E-state index is 12.8. The lowest BCUT2D eigenvalue weighted by atomic mass is 9.87. The minimum atomic E-state index is -4.40. The second-order valence-corrected chi connectivity index (χ2v) is 8.19. The van der Waals surface area contributed by atoms with E-state index in [4.69, 9.17) is 10.5 Å². The number of carbonyl (C=O) groups excluding carboxylic acids is 1. The Labute approximate surface area is 182 Å². The molecule has 0 saturated heterocycles. The van der Waals surface area contributed by atoms with Crippen LogP contribution in [0.15, 0.2) is 48.5 Å². The van der Waals surface area contributed by atoms with Crippen molar-refractivity contribution < 1.29 is 22.7 Å². The summed E-state index contributed by atoms with van der Waals surface area (Å²) in [6.07, 6.45) is -5.30. The monoisotopic (exact) mass is 448 g/mol. The first-order valence-corrected chi connectivity index (χ1v) is 9.70. The molecule has 0 spiro atoms. The number of nitrogens with one attached hydrogen (secondary N) is 1. The number of halogens is 3. The van der Waals surface area contributed by atoms with Crippen molar-refractivity contribution in [1.82, 2.24) is 20.2 Å². The molecule has 0 aliphatic rings. The van der Waals surface area contributed by atoms with E-state index < -0.39 is 23.9 Å². The van der Waals surface area contributed by atoms with Gasteiger partial charge >= 0.3 is 12.3 Å². The quantitative estimate of drug-likeness (QED) is 0.562. The van der Waals surface area contributed by atoms with Gasteiger partial charge in [0.1, 0.15) is 12.6 Å². The van der Waals surface area contributed by atoms with Crippen molar-refractivity contribution in [3.63, 3.8) is 0 Å². The molecule has 32 heavy (non-hydrogen) atoms. The van der Waals surface area contributed by atoms with Crippen LogP contribution in [0, 0.1) is 5.41 Å². The van der Waals surface area contributed by atoms with Crippen LogP contribution in [0.5, 0.6) is 0 Å². The summed E-state index contributed by atoms with van der Waals surface area (Å²) in [7, 11) is 0. The van der Waals surface area contributed by atoms with Gasteiger partial charge in [-0.1, -0.05) is 32.9 Å². The Bertz CT molecular complexity index is 1070. The van der Waals surface area contributed by atoms with E-state index in [1.54, 1.807) is 24.3 Å². The molecule has 0 aliphatic carbocycles. The van der Waals surface area contributed by atoms with Gasteiger partial charge in [-0.15, -0.1) is 10.2 Å². The fraction of sp³-hybridized carbons (Fsp3) is 0.333. The Morgan fingerprint density at radius 1 is 1.12 bits per heavy atom. The van der Waals surface area contributed by atoms with E-state index in [2.05, 4.69) is 20.7 Å². The summed E-state index contributed by atoms with van der Waals surface area (Å²) in [5, 5.41) is 15.8. The molecule has 1 atom stereocenters. The van der Waals surface area contributed by atoms with E-state index in [1.807, 2.05) is 20.8 Å². The highest BCUT2D eigenvalue weighted by Crippen LogP contribution is 2.33. The summed E-state index contributed by atoms with van der Waals surface area (Å²) in [5.41, 5.74) is 5.65. The predicted octanol–water partition coefficient (Wildman–Crippen LogP) is 4.79. The zero-order valence-corrected chi connectivity index (χ0v) is 17.7. The summed E-state index contributed by atoms with van der Waals surface area (Å²) in [4.78, 5) is 12.4. The average molecular weight is 448 g/mol. The highest BCUT2D eigenvalue weighted by atomic mass is 19.4. The molecule has 0 fully saturated rings. The SMILES string of the molecule is CC(C)(C)C(COC(N)=O)n1nnc(-c2ccccc2Nc2ccc(C(F)(F)F)cc2)n1. The Kier molecular flexibility index (Phi) is 6.37. The molecule has 3 rings (SSSR count). The molecule has 11 heteroatoms. The Balaban J connectivity index is 1.87. The number of amides is 1. The molecule has 3 N–H and O–H groups in total. The van der Waals surface area contributed by atoms with Crippen LogP contribution in [-0.4, -0.2) is 32.9 Å². The topological polar surface area (TPSA) is 108 Å². The Morgan fingerprint density at radius 2 is 1.78 bits per heavy atom. The van der Waals surface area contributed by atoms with Crippen molar-refractivity contribution >= 4 is 17.5 Å². The zero-order valence-electron chi connectivity index (χ0n) is 17.7. The number of ether oxygens (including phenoxy) is 1. The predicted molar refractivity (Wildman–Crippen MR) is 112 cm³/mol. The fourth-order valence-corrected chi connectivity index (χ4v) is 2.97. The lowest BCUT2D eigenvalue weighted by Gasteiger charge is -2.28. The summed E-state index contributed by atoms with van der Waals surface area (Å²) in [6, 6.07) is 11.4. The maximum absolute atomic E-state index is 12.8. The van der Waals surface area contributed by atoms with Gasteiger partial charge in [0.25, 0.3) is 0 Å². The molecule has 0 radical (unpaired) electrons. The minimum absolute atomic E-state index is 0.0277. The summed E-state index contributed by atoms with van der Waals surface area (Å²) < 4.78 is 43.4. The van der Waals surface area contributed by atoms with Crippen LogP contribution >= 0.6 is 0 Å². The molecule has 1 heterocycles. The Morgan fingerprint density at radius 3 is 2.38 bits per heavy atom. The van der Waals surface area contributed by atoms with Crippen LogP contribution in [-0.2, 0) is 10.9 Å². The van der Waals surface area contributed by atoms with Crippen molar-refractivity contribution in [1.29, 1.82) is 0 Å². The summed E-state index contributed by atoms with van der Waals surface area (Å²) in [6.45, 7) is 5.78. The van der Waals surface area contributed by atoms with E-state index >= 15 is 0 Å². The van der Waals surface area contributed by atoms with E-state index in [-0.39, 0.29) is 12.0 Å². The number of carbonyl (C=O) groups is 1. The van der Waals surface area contributed by atoms with Gasteiger partial charge in [0, 0.05) is 16.9 Å². The number of anilines is 2. The first-order chi connectivity index (χ1) is 14.9. The highest BCUT2D eigenvalue weighted by molar-refractivity contribution is 5.77. The smallest absolute Gasteiger partial charge is 0.416 e. The van der Waals surface area contributed by atoms with Crippen LogP contribution in [0.4, 0.5) is 29.3 Å². The number of hydrogen-bond acceptors (Lipinski definition) is 6. The van der Waals surface area contributed by atoms with Crippen molar-refractivity contribution in [2.24, 2.45) is 11.1 Å². The van der Waals surface area contributed by atoms with Gasteiger partial charge in [-0.05, 0) is 47.0 Å². The maximum Gasteiger partial charge on any atom is 0.416 e. The van der Waals surface area contributed by atoms with Gasteiger partial charge in [-0.3, -0.25) is 0 Å². The van der Waals surface area contributed by atoms with E-state index in [0.29, 0.717) is 22.8 Å². The van der Waals surface area contributed by atoms with Crippen molar-refractivity contribution in [3.8, 4) is 11.4 Å². The van der Waals surface area contributed by atoms with Gasteiger partial charge in [-0.25, -0.2) is 4.79 Å². The molecule has 0 aliphatic heterocycles. The van der Waals surface area contributed by atoms with Crippen molar-refractivity contribution in [3.05, 3.63) is 54.1 Å². The van der Waals surface area contributed by atoms with Crippen molar-refractivity contribution in [2.45, 2.75) is 33.0 Å². The third-order valence-electron chi connectivity index (χ3n) is 4.75. The lowest BCUT2D eigenvalue weighted by molar-refractivity contribution is -0.137. The van der Waals surface area contributed by atoms with Gasteiger partial charge in [0.05, 0.1) is 5.56 Å². The molecule has 8 nitrogen and oxygen atoms in total. The number of primary amides is 1. The van der Waals surface area contributed by atoms with Crippen LogP contribution in [0.3, 0.4) is 0 Å². The number of rotatable bonds is 6. The molecule has 2 aromatic carbocycles. The second kappa shape index (κ2) is 8.85. The van der Waals surface area contributed by atoms with E-state index in [9.17, 15) is 18.0 Å². The molecule has 170 valence electrons. The largest absolute Gasteiger partial charge is 0.447 e. The molecule has 1 unspecified atom stereocenters. The Hall–Kier alpha value is -3.63. The van der Waals surface area contributed by atoms with E-state index in [0.717, 1.165) is 12.1 Å². The normalized spacial score (nSPS) is 12.9. The van der Waals surface area contributed by atoms with Crippen LogP contribution in [0.25, 0.3) is 11.4 Å². The molecule has 1 aromatic heterocycles. The van der Waals surface area contributed by atoms with Gasteiger partial charge in [0.15, 0.2) is 0 Å². The van der Waals surface area contributed by atoms with Gasteiger partial charge in [-0.2, -0.15) is 18.0 Å². The number of hydrogen-bond donors (Lipinski definition) is 2. The highest BCUT2D eigenvalue weighted by Gasteiger charge is 2.31. The number of tetrazole rings is 1. The van der Waals surface area contributed by atoms with Gasteiger partial charge < -0.3 is 15.8 Å². The van der Waals surface area contributed by atoms with Crippen LogP contribution in [0.1, 0.15) is 32.4 Å². The molecular formula is C21H23F3N6O2. The van der Waals surface area contributed by atoms with Gasteiger partial charge in [0.2, 0.25) is 5.82 Å². The standard InChI is InChI=1S/C21H23F3N6O2/c1-20(2,3)17(12-32-19(25)31)30-28-18(27-29-30)15-6-4-5-7-16(15)26-14-10-8-13(9-11-14)21(22,23)24/h4-11,17,26H,12H2,1-3H3,(H2,25,31). The zero-order chi connectivity index (χ0) is 23.5. The summed E-state index contributed by atoms with van der Waals surface area (Å²) >= 11 is 0. The lowest BCUT2D eigenvalue weighted by Crippen LogP contribution is -2.32. The molecule has 3 aromatic rings. The molecule has 0 saturated carbocycles. The van der Waals surface area contributed by atoms with Crippen LogP contribution in [0.2, 0.25) is 0 Å². The number of aromatic nitrogens is 4. The molecule has 0 bridgehead atoms. The van der Waals surface area contributed by atoms with E-state index in [1.165, 1.54) is 16.9 Å². The summed E-state index contributed by atoms with van der Waals surface area (Å²) in [5.74, 6) is 0.299. The number of nitrogens with zero attached hydrogens (tertiary/aromatic N) is 4. The third-order valence-corrected chi connectivity index (χ3v) is 4.75.